The Balaban J connectivity index is 0.00000264. The van der Waals surface area contributed by atoms with E-state index in [1.165, 1.54) is 26.2 Å². The Bertz CT molecular complexity index is 747. The van der Waals surface area contributed by atoms with Gasteiger partial charge >= 0.3 is 51.4 Å². The summed E-state index contributed by atoms with van der Waals surface area (Å²) in [6.45, 7) is 1.47. The molecule has 0 aliphatic heterocycles. The molecule has 0 radical (unpaired) electrons. The van der Waals surface area contributed by atoms with Crippen molar-refractivity contribution in [1.29, 1.82) is 5.41 Å². The van der Waals surface area contributed by atoms with Crippen LogP contribution in [-0.4, -0.2) is 23.5 Å². The third-order valence-corrected chi connectivity index (χ3v) is 3.28. The topological polar surface area (TPSA) is 96.8 Å². The standard InChI is InChI=1S/C15H16F2N4O.K/c1-7(18)11-8(6-21-15(11)20-2)14(22)12-9(16)4-3-5-10(19)13(12)17;/h4-6H,3,19H2,1-2H3,(H3,18,20,21,22);/q;+1/p-1. The third kappa shape index (κ3) is 3.89. The van der Waals surface area contributed by atoms with Crippen LogP contribution in [0.1, 0.15) is 29.3 Å². The molecular formula is C15H15F2KN4O. The minimum Gasteiger partial charge on any atom is -0.469 e. The Morgan fingerprint density at radius 3 is 2.61 bits per heavy atom. The number of carbonyl (C=O) groups is 1. The largest absolute Gasteiger partial charge is 1.00 e. The number of allylic oxidation sites excluding steroid dienone is 5. The van der Waals surface area contributed by atoms with Gasteiger partial charge < -0.3 is 21.4 Å². The van der Waals surface area contributed by atoms with Gasteiger partial charge in [0.1, 0.15) is 5.83 Å². The van der Waals surface area contributed by atoms with E-state index in [1.807, 2.05) is 0 Å². The summed E-state index contributed by atoms with van der Waals surface area (Å²) in [5.41, 5.74) is 4.74. The first-order valence-corrected chi connectivity index (χ1v) is 6.51. The molecule has 5 nitrogen and oxygen atoms in total. The van der Waals surface area contributed by atoms with Crippen LogP contribution in [0, 0.1) is 5.41 Å². The molecule has 0 atom stereocenters. The maximum Gasteiger partial charge on any atom is 1.00 e. The maximum absolute atomic E-state index is 14.2. The van der Waals surface area contributed by atoms with Crippen LogP contribution in [0.25, 0.3) is 5.32 Å². The number of Topliss-reactive ketones (excluding diaryl/α,β-unsaturated/α-hetero) is 1. The first-order valence-electron chi connectivity index (χ1n) is 6.51. The molecule has 23 heavy (non-hydrogen) atoms. The predicted octanol–water partition coefficient (Wildman–Crippen LogP) is 0.547. The molecular weight excluding hydrogens is 329 g/mol. The van der Waals surface area contributed by atoms with Crippen molar-refractivity contribution >= 4 is 17.3 Å². The number of aromatic amines is 1. The number of nitrogens with two attached hydrogens (primary N) is 1. The fourth-order valence-electron chi connectivity index (χ4n) is 2.22. The molecule has 1 heterocycles. The van der Waals surface area contributed by atoms with E-state index in [-0.39, 0.29) is 80.3 Å². The number of nitrogens with one attached hydrogen (secondary N) is 2. The number of hydrogen-bond acceptors (Lipinski definition) is 3. The number of aromatic nitrogens is 1. The quantitative estimate of drug-likeness (QED) is 0.422. The van der Waals surface area contributed by atoms with Gasteiger partial charge in [-0.05, 0) is 19.4 Å². The smallest absolute Gasteiger partial charge is 0.469 e. The van der Waals surface area contributed by atoms with Gasteiger partial charge in [-0.25, -0.2) is 8.78 Å². The summed E-state index contributed by atoms with van der Waals surface area (Å²) in [5, 5.41) is 11.6. The summed E-state index contributed by atoms with van der Waals surface area (Å²) >= 11 is 0. The van der Waals surface area contributed by atoms with Crippen molar-refractivity contribution in [3.8, 4) is 0 Å². The van der Waals surface area contributed by atoms with Crippen LogP contribution >= 0.6 is 0 Å². The number of nitrogens with zero attached hydrogens (tertiary/aromatic N) is 1. The van der Waals surface area contributed by atoms with Crippen LogP contribution in [0.2, 0.25) is 0 Å². The molecule has 1 aromatic rings. The normalized spacial score (nSPS) is 14.4. The van der Waals surface area contributed by atoms with Crippen LogP contribution in [0.3, 0.4) is 0 Å². The van der Waals surface area contributed by atoms with E-state index < -0.39 is 23.0 Å². The second-order valence-electron chi connectivity index (χ2n) is 4.74. The van der Waals surface area contributed by atoms with Gasteiger partial charge in [0.2, 0.25) is 0 Å². The number of ketones is 1. The van der Waals surface area contributed by atoms with Gasteiger partial charge in [0.15, 0.2) is 11.6 Å². The van der Waals surface area contributed by atoms with E-state index in [4.69, 9.17) is 11.1 Å². The average molecular weight is 344 g/mol. The van der Waals surface area contributed by atoms with Gasteiger partial charge in [-0.15, -0.1) is 0 Å². The predicted molar refractivity (Wildman–Crippen MR) is 80.8 cm³/mol. The van der Waals surface area contributed by atoms with Gasteiger partial charge in [0, 0.05) is 16.8 Å². The summed E-state index contributed by atoms with van der Waals surface area (Å²) in [4.78, 5) is 15.3. The number of hydrogen-bond donors (Lipinski definition) is 3. The van der Waals surface area contributed by atoms with E-state index in [2.05, 4.69) is 10.3 Å². The zero-order valence-electron chi connectivity index (χ0n) is 13.1. The first kappa shape index (κ1) is 20.0. The molecule has 1 aromatic heterocycles. The van der Waals surface area contributed by atoms with Crippen LogP contribution in [-0.2, 0) is 0 Å². The zero-order valence-corrected chi connectivity index (χ0v) is 16.3. The molecule has 0 spiro atoms. The van der Waals surface area contributed by atoms with Gasteiger partial charge in [-0.1, -0.05) is 25.1 Å². The summed E-state index contributed by atoms with van der Waals surface area (Å²) in [7, 11) is 1.49. The molecule has 116 valence electrons. The molecule has 0 bridgehead atoms. The van der Waals surface area contributed by atoms with Crippen molar-refractivity contribution in [3.63, 3.8) is 0 Å². The molecule has 4 N–H and O–H groups in total. The molecule has 0 saturated carbocycles. The molecule has 0 saturated heterocycles. The van der Waals surface area contributed by atoms with E-state index in [1.54, 1.807) is 0 Å². The molecule has 0 aromatic carbocycles. The average Bonchev–Trinajstić information content (AvgIpc) is 2.85. The van der Waals surface area contributed by atoms with Gasteiger partial charge in [0.25, 0.3) is 0 Å². The Morgan fingerprint density at radius 2 is 2.04 bits per heavy atom. The van der Waals surface area contributed by atoms with Crippen LogP contribution in [0.5, 0.6) is 0 Å². The van der Waals surface area contributed by atoms with Crippen LogP contribution < -0.4 is 57.1 Å². The zero-order chi connectivity index (χ0) is 16.4. The van der Waals surface area contributed by atoms with Gasteiger partial charge in [-0.3, -0.25) is 4.79 Å². The van der Waals surface area contributed by atoms with Crippen molar-refractivity contribution < 1.29 is 65.0 Å². The Kier molecular flexibility index (Phi) is 7.09. The first-order chi connectivity index (χ1) is 10.4. The van der Waals surface area contributed by atoms with Crippen molar-refractivity contribution in [3.05, 3.63) is 57.7 Å². The second-order valence-corrected chi connectivity index (χ2v) is 4.74. The van der Waals surface area contributed by atoms with E-state index in [9.17, 15) is 13.6 Å². The van der Waals surface area contributed by atoms with Crippen molar-refractivity contribution in [1.82, 2.24) is 4.98 Å². The van der Waals surface area contributed by atoms with E-state index >= 15 is 0 Å². The van der Waals surface area contributed by atoms with Gasteiger partial charge in [0.05, 0.1) is 11.3 Å². The van der Waals surface area contributed by atoms with E-state index in [0.29, 0.717) is 5.82 Å². The number of H-pyrrole nitrogens is 1. The monoisotopic (exact) mass is 344 g/mol. The molecule has 0 unspecified atom stereocenters. The van der Waals surface area contributed by atoms with Crippen LogP contribution in [0.4, 0.5) is 14.6 Å². The Hall–Kier alpha value is -1.06. The van der Waals surface area contributed by atoms with Crippen molar-refractivity contribution in [2.24, 2.45) is 5.73 Å². The second kappa shape index (κ2) is 8.16. The summed E-state index contributed by atoms with van der Waals surface area (Å²) in [6, 6.07) is 0. The summed E-state index contributed by atoms with van der Waals surface area (Å²) in [5.74, 6) is -2.64. The fraction of sp³-hybridized carbons (Fsp3) is 0.200. The van der Waals surface area contributed by atoms with Gasteiger partial charge in [-0.2, -0.15) is 0 Å². The molecule has 2 rings (SSSR count). The molecule has 8 heteroatoms. The van der Waals surface area contributed by atoms with Crippen LogP contribution in [0.15, 0.2) is 41.3 Å². The number of rotatable bonds is 4. The maximum atomic E-state index is 14.2. The molecule has 0 fully saturated rings. The molecule has 1 aliphatic carbocycles. The molecule has 0 amide bonds. The number of carbonyl (C=O) groups excluding carboxylic acids is 1. The Morgan fingerprint density at radius 1 is 1.39 bits per heavy atom. The minimum absolute atomic E-state index is 0. The van der Waals surface area contributed by atoms with Crippen molar-refractivity contribution in [2.75, 3.05) is 7.05 Å². The summed E-state index contributed by atoms with van der Waals surface area (Å²) in [6.07, 6.45) is 3.76. The number of halogens is 2. The SMILES string of the molecule is C[N-]c1[nH]cc(C(=O)C2=C(F)C(N)=CCC=C2F)c1C(C)=N.[K+]. The van der Waals surface area contributed by atoms with E-state index in [0.717, 1.165) is 6.08 Å². The third-order valence-electron chi connectivity index (χ3n) is 3.28. The summed E-state index contributed by atoms with van der Waals surface area (Å²) < 4.78 is 28.3. The Labute approximate surface area is 175 Å². The fourth-order valence-corrected chi connectivity index (χ4v) is 2.22. The van der Waals surface area contributed by atoms with Crippen molar-refractivity contribution in [2.45, 2.75) is 13.3 Å². The molecule has 1 aliphatic rings. The minimum atomic E-state index is -1.10.